The van der Waals surface area contributed by atoms with Gasteiger partial charge in [0, 0.05) is 35.9 Å². The lowest BCUT2D eigenvalue weighted by Crippen LogP contribution is -2.33. The Hall–Kier alpha value is -2.83. The fraction of sp³-hybridized carbons (Fsp3) is 0.304. The van der Waals surface area contributed by atoms with Gasteiger partial charge in [-0.1, -0.05) is 11.6 Å². The van der Waals surface area contributed by atoms with E-state index < -0.39 is 0 Å². The molecule has 4 heterocycles. The zero-order valence-electron chi connectivity index (χ0n) is 16.8. The van der Waals surface area contributed by atoms with Crippen LogP contribution in [0.3, 0.4) is 0 Å². The molecule has 0 amide bonds. The SMILES string of the molecule is COc1ccc2[nH]cc(C3CCN(Cc4cc(=O)n5cc(Cl)ccc5n4)CC3)c2c1. The summed E-state index contributed by atoms with van der Waals surface area (Å²) in [6, 6.07) is 11.3. The molecule has 6 nitrogen and oxygen atoms in total. The first-order valence-electron chi connectivity index (χ1n) is 10.2. The monoisotopic (exact) mass is 422 g/mol. The van der Waals surface area contributed by atoms with Crippen LogP contribution in [0.25, 0.3) is 16.6 Å². The van der Waals surface area contributed by atoms with Gasteiger partial charge in [0.2, 0.25) is 0 Å². The van der Waals surface area contributed by atoms with Crippen molar-refractivity contribution in [1.29, 1.82) is 0 Å². The number of aromatic amines is 1. The lowest BCUT2D eigenvalue weighted by atomic mass is 9.89. The third-order valence-corrected chi connectivity index (χ3v) is 6.23. The minimum Gasteiger partial charge on any atom is -0.497 e. The number of ether oxygens (including phenoxy) is 1. The van der Waals surface area contributed by atoms with Crippen LogP contribution < -0.4 is 10.3 Å². The number of nitrogens with zero attached hydrogens (tertiary/aromatic N) is 3. The largest absolute Gasteiger partial charge is 0.497 e. The normalized spacial score (nSPS) is 15.8. The van der Waals surface area contributed by atoms with Gasteiger partial charge in [-0.2, -0.15) is 0 Å². The van der Waals surface area contributed by atoms with Crippen molar-refractivity contribution in [3.63, 3.8) is 0 Å². The number of rotatable bonds is 4. The van der Waals surface area contributed by atoms with Gasteiger partial charge in [0.1, 0.15) is 11.4 Å². The van der Waals surface area contributed by atoms with Gasteiger partial charge in [-0.3, -0.25) is 14.1 Å². The predicted octanol–water partition coefficient (Wildman–Crippen LogP) is 4.22. The quantitative estimate of drug-likeness (QED) is 0.535. The van der Waals surface area contributed by atoms with Gasteiger partial charge < -0.3 is 9.72 Å². The van der Waals surface area contributed by atoms with Crippen molar-refractivity contribution in [3.8, 4) is 5.75 Å². The molecule has 1 fully saturated rings. The Labute approximate surface area is 179 Å². The van der Waals surface area contributed by atoms with Crippen LogP contribution in [-0.4, -0.2) is 39.5 Å². The van der Waals surface area contributed by atoms with Gasteiger partial charge in [-0.05, 0) is 67.7 Å². The van der Waals surface area contributed by atoms with Gasteiger partial charge in [-0.15, -0.1) is 0 Å². The Kier molecular flexibility index (Phi) is 4.97. The molecule has 1 aliphatic heterocycles. The molecule has 1 saturated heterocycles. The highest BCUT2D eigenvalue weighted by Crippen LogP contribution is 2.34. The van der Waals surface area contributed by atoms with Gasteiger partial charge in [0.15, 0.2) is 0 Å². The standard InChI is InChI=1S/C23H23ClN4O2/c1-30-18-3-4-21-19(11-18)20(12-25-21)15-6-8-27(9-7-15)14-17-10-23(29)28-13-16(24)2-5-22(28)26-17/h2-5,10-13,15,25H,6-9,14H2,1H3. The third-order valence-electron chi connectivity index (χ3n) is 6.01. The van der Waals surface area contributed by atoms with Crippen LogP contribution in [0.2, 0.25) is 5.02 Å². The zero-order valence-corrected chi connectivity index (χ0v) is 17.5. The fourth-order valence-electron chi connectivity index (χ4n) is 4.42. The number of benzene rings is 1. The highest BCUT2D eigenvalue weighted by atomic mass is 35.5. The molecule has 0 spiro atoms. The molecule has 154 valence electrons. The van der Waals surface area contributed by atoms with Crippen molar-refractivity contribution < 1.29 is 4.74 Å². The summed E-state index contributed by atoms with van der Waals surface area (Å²) < 4.78 is 6.89. The first kappa shape index (κ1) is 19.2. The van der Waals surface area contributed by atoms with Crippen LogP contribution in [0, 0.1) is 0 Å². The average Bonchev–Trinajstić information content (AvgIpc) is 3.18. The number of likely N-dealkylation sites (tertiary alicyclic amines) is 1. The lowest BCUT2D eigenvalue weighted by molar-refractivity contribution is 0.203. The number of aromatic nitrogens is 3. The molecular weight excluding hydrogens is 400 g/mol. The molecular formula is C23H23ClN4O2. The topological polar surface area (TPSA) is 62.6 Å². The van der Waals surface area contributed by atoms with Gasteiger partial charge >= 0.3 is 0 Å². The van der Waals surface area contributed by atoms with E-state index in [1.165, 1.54) is 15.4 Å². The molecule has 0 unspecified atom stereocenters. The van der Waals surface area contributed by atoms with Crippen LogP contribution >= 0.6 is 11.6 Å². The number of piperidine rings is 1. The molecule has 0 aliphatic carbocycles. The summed E-state index contributed by atoms with van der Waals surface area (Å²) in [4.78, 5) is 22.8. The maximum absolute atomic E-state index is 12.4. The molecule has 1 aliphatic rings. The smallest absolute Gasteiger partial charge is 0.258 e. The van der Waals surface area contributed by atoms with Crippen molar-refractivity contribution >= 4 is 28.2 Å². The summed E-state index contributed by atoms with van der Waals surface area (Å²) in [5.41, 5.74) is 3.85. The van der Waals surface area contributed by atoms with E-state index in [1.54, 1.807) is 31.5 Å². The lowest BCUT2D eigenvalue weighted by Gasteiger charge is -2.31. The summed E-state index contributed by atoms with van der Waals surface area (Å²) in [5.74, 6) is 1.40. The number of hydrogen-bond donors (Lipinski definition) is 1. The zero-order chi connectivity index (χ0) is 20.7. The highest BCUT2D eigenvalue weighted by molar-refractivity contribution is 6.30. The minimum absolute atomic E-state index is 0.0971. The van der Waals surface area contributed by atoms with Crippen molar-refractivity contribution in [3.05, 3.63) is 75.4 Å². The van der Waals surface area contributed by atoms with Crippen molar-refractivity contribution in [2.24, 2.45) is 0 Å². The Morgan fingerprint density at radius 2 is 2.03 bits per heavy atom. The second-order valence-electron chi connectivity index (χ2n) is 7.87. The number of nitrogens with one attached hydrogen (secondary N) is 1. The number of halogens is 1. The number of methoxy groups -OCH3 is 1. The molecule has 30 heavy (non-hydrogen) atoms. The summed E-state index contributed by atoms with van der Waals surface area (Å²) in [7, 11) is 1.70. The van der Waals surface area contributed by atoms with Gasteiger partial charge in [-0.25, -0.2) is 4.98 Å². The molecule has 0 bridgehead atoms. The number of H-pyrrole nitrogens is 1. The Morgan fingerprint density at radius 1 is 1.20 bits per heavy atom. The summed E-state index contributed by atoms with van der Waals surface area (Å²) >= 11 is 5.99. The summed E-state index contributed by atoms with van der Waals surface area (Å²) in [6.07, 6.45) is 5.90. The van der Waals surface area contributed by atoms with Crippen molar-refractivity contribution in [2.45, 2.75) is 25.3 Å². The summed E-state index contributed by atoms with van der Waals surface area (Å²) in [6.45, 7) is 2.63. The molecule has 0 radical (unpaired) electrons. The predicted molar refractivity (Wildman–Crippen MR) is 119 cm³/mol. The average molecular weight is 423 g/mol. The van der Waals surface area contributed by atoms with Crippen molar-refractivity contribution in [1.82, 2.24) is 19.3 Å². The van der Waals surface area contributed by atoms with Gasteiger partial charge in [0.25, 0.3) is 5.56 Å². The minimum atomic E-state index is -0.0971. The Balaban J connectivity index is 1.30. The van der Waals surface area contributed by atoms with E-state index in [0.29, 0.717) is 23.1 Å². The molecule has 1 N–H and O–H groups in total. The molecule has 3 aromatic heterocycles. The van der Waals surface area contributed by atoms with Gasteiger partial charge in [0.05, 0.1) is 17.8 Å². The van der Waals surface area contributed by atoms with Crippen LogP contribution in [0.15, 0.2) is 53.6 Å². The maximum Gasteiger partial charge on any atom is 0.258 e. The van der Waals surface area contributed by atoms with Crippen LogP contribution in [0.1, 0.15) is 30.0 Å². The van der Waals surface area contributed by atoms with E-state index in [4.69, 9.17) is 16.3 Å². The number of pyridine rings is 1. The van der Waals surface area contributed by atoms with E-state index >= 15 is 0 Å². The highest BCUT2D eigenvalue weighted by Gasteiger charge is 2.23. The maximum atomic E-state index is 12.4. The molecule has 0 saturated carbocycles. The van der Waals surface area contributed by atoms with E-state index in [9.17, 15) is 4.79 Å². The van der Waals surface area contributed by atoms with Crippen LogP contribution in [0.5, 0.6) is 5.75 Å². The fourth-order valence-corrected chi connectivity index (χ4v) is 4.58. The molecule has 1 aromatic carbocycles. The van der Waals surface area contributed by atoms with E-state index in [-0.39, 0.29) is 5.56 Å². The van der Waals surface area contributed by atoms with E-state index in [0.717, 1.165) is 42.9 Å². The molecule has 5 rings (SSSR count). The second kappa shape index (κ2) is 7.78. The Bertz CT molecular complexity index is 1270. The second-order valence-corrected chi connectivity index (χ2v) is 8.30. The Morgan fingerprint density at radius 3 is 2.83 bits per heavy atom. The number of hydrogen-bond acceptors (Lipinski definition) is 4. The molecule has 0 atom stereocenters. The molecule has 7 heteroatoms. The first-order valence-corrected chi connectivity index (χ1v) is 10.5. The van der Waals surface area contributed by atoms with Crippen LogP contribution in [0.4, 0.5) is 0 Å². The van der Waals surface area contributed by atoms with E-state index in [2.05, 4.69) is 33.2 Å². The van der Waals surface area contributed by atoms with Crippen LogP contribution in [-0.2, 0) is 6.54 Å². The van der Waals surface area contributed by atoms with E-state index in [1.807, 2.05) is 6.07 Å². The van der Waals surface area contributed by atoms with Crippen molar-refractivity contribution in [2.75, 3.05) is 20.2 Å². The third kappa shape index (κ3) is 3.57. The molecule has 4 aromatic rings. The number of fused-ring (bicyclic) bond motifs is 2. The first-order chi connectivity index (χ1) is 14.6. The summed E-state index contributed by atoms with van der Waals surface area (Å²) in [5, 5.41) is 1.77.